The Balaban J connectivity index is 1.45. The van der Waals surface area contributed by atoms with Gasteiger partial charge < -0.3 is 4.90 Å². The Kier molecular flexibility index (Phi) is 3.97. The number of hydrogen-bond acceptors (Lipinski definition) is 5. The van der Waals surface area contributed by atoms with Crippen molar-refractivity contribution < 1.29 is 4.79 Å². The predicted molar refractivity (Wildman–Crippen MR) is 106 cm³/mol. The van der Waals surface area contributed by atoms with Crippen molar-refractivity contribution in [3.63, 3.8) is 0 Å². The van der Waals surface area contributed by atoms with Crippen molar-refractivity contribution in [1.29, 1.82) is 0 Å². The summed E-state index contributed by atoms with van der Waals surface area (Å²) in [5.74, 6) is 0.0469. The molecule has 1 aliphatic rings. The molecule has 9 nitrogen and oxygen atoms in total. The number of fused-ring (bicyclic) bond motifs is 2. The van der Waals surface area contributed by atoms with E-state index in [4.69, 9.17) is 0 Å². The Morgan fingerprint density at radius 2 is 2.17 bits per heavy atom. The molecule has 0 bridgehead atoms. The van der Waals surface area contributed by atoms with Crippen LogP contribution in [-0.4, -0.2) is 53.1 Å². The van der Waals surface area contributed by atoms with E-state index in [1.807, 2.05) is 17.9 Å². The number of nitrogens with one attached hydrogen (secondary N) is 1. The molecule has 1 atom stereocenters. The molecule has 9 heteroatoms. The lowest BCUT2D eigenvalue weighted by Gasteiger charge is -2.32. The van der Waals surface area contributed by atoms with Crippen LogP contribution in [0.1, 0.15) is 46.1 Å². The van der Waals surface area contributed by atoms with Gasteiger partial charge in [-0.2, -0.15) is 5.10 Å². The van der Waals surface area contributed by atoms with Gasteiger partial charge in [-0.05, 0) is 32.8 Å². The standard InChI is InChI=1S/C20H21N7O2/c1-12-13(2)23-17-9-16(24-27(17)19(12)28)14-5-3-7-25(11-14)20(29)15-10-22-26-8-4-6-21-18(15)26/h4,6,8-10,14,24H,3,5,7,11H2,1-2H3/t14-/m1/s1. The first-order chi connectivity index (χ1) is 14.0. The summed E-state index contributed by atoms with van der Waals surface area (Å²) < 4.78 is 3.10. The zero-order valence-corrected chi connectivity index (χ0v) is 16.3. The molecule has 1 N–H and O–H groups in total. The van der Waals surface area contributed by atoms with E-state index >= 15 is 0 Å². The summed E-state index contributed by atoms with van der Waals surface area (Å²) >= 11 is 0. The Morgan fingerprint density at radius 3 is 3.03 bits per heavy atom. The molecule has 148 valence electrons. The fraction of sp³-hybridized carbons (Fsp3) is 0.350. The molecule has 29 heavy (non-hydrogen) atoms. The Morgan fingerprint density at radius 1 is 1.31 bits per heavy atom. The summed E-state index contributed by atoms with van der Waals surface area (Å²) in [6.45, 7) is 4.89. The van der Waals surface area contributed by atoms with Crippen LogP contribution in [0.4, 0.5) is 0 Å². The molecular formula is C20H21N7O2. The molecule has 1 saturated heterocycles. The van der Waals surface area contributed by atoms with Crippen LogP contribution in [0.25, 0.3) is 11.3 Å². The topological polar surface area (TPSA) is 101 Å². The first kappa shape index (κ1) is 17.6. The Labute approximate surface area is 166 Å². The first-order valence-electron chi connectivity index (χ1n) is 9.69. The average molecular weight is 391 g/mol. The number of carbonyl (C=O) groups is 1. The molecule has 0 spiro atoms. The summed E-state index contributed by atoms with van der Waals surface area (Å²) in [5.41, 5.74) is 3.90. The molecule has 1 amide bonds. The average Bonchev–Trinajstić information content (AvgIpc) is 3.36. The second-order valence-corrected chi connectivity index (χ2v) is 7.57. The molecule has 1 aliphatic heterocycles. The highest BCUT2D eigenvalue weighted by atomic mass is 16.2. The molecule has 4 aromatic rings. The highest BCUT2D eigenvalue weighted by Crippen LogP contribution is 2.27. The third kappa shape index (κ3) is 2.81. The van der Waals surface area contributed by atoms with Crippen LogP contribution in [0.5, 0.6) is 0 Å². The van der Waals surface area contributed by atoms with E-state index in [1.165, 1.54) is 4.52 Å². The van der Waals surface area contributed by atoms with Crippen molar-refractivity contribution in [3.05, 3.63) is 63.6 Å². The fourth-order valence-electron chi connectivity index (χ4n) is 4.01. The maximum Gasteiger partial charge on any atom is 0.275 e. The number of aryl methyl sites for hydroxylation is 1. The van der Waals surface area contributed by atoms with Crippen molar-refractivity contribution in [2.24, 2.45) is 0 Å². The normalized spacial score (nSPS) is 17.3. The van der Waals surface area contributed by atoms with Gasteiger partial charge in [0.2, 0.25) is 0 Å². The number of aromatic nitrogens is 6. The lowest BCUT2D eigenvalue weighted by atomic mass is 9.94. The fourth-order valence-corrected chi connectivity index (χ4v) is 4.01. The van der Waals surface area contributed by atoms with Gasteiger partial charge in [0.15, 0.2) is 11.3 Å². The maximum atomic E-state index is 13.1. The molecule has 0 unspecified atom stereocenters. The van der Waals surface area contributed by atoms with E-state index in [-0.39, 0.29) is 17.4 Å². The minimum atomic E-state index is -0.0834. The van der Waals surface area contributed by atoms with Crippen LogP contribution in [-0.2, 0) is 0 Å². The number of likely N-dealkylation sites (tertiary alicyclic amines) is 1. The number of hydrogen-bond donors (Lipinski definition) is 1. The van der Waals surface area contributed by atoms with E-state index in [9.17, 15) is 9.59 Å². The minimum absolute atomic E-state index is 0.0681. The quantitative estimate of drug-likeness (QED) is 0.561. The number of piperidine rings is 1. The SMILES string of the molecule is Cc1nc2cc([C@@H]3CCCN(C(=O)c4cnn5cccnc45)C3)[nH]n2c(=O)c1C. The van der Waals surface area contributed by atoms with Gasteiger partial charge in [0.25, 0.3) is 11.5 Å². The molecular weight excluding hydrogens is 370 g/mol. The molecule has 1 fully saturated rings. The van der Waals surface area contributed by atoms with Crippen LogP contribution in [0.15, 0.2) is 35.5 Å². The lowest BCUT2D eigenvalue weighted by Crippen LogP contribution is -2.39. The van der Waals surface area contributed by atoms with Gasteiger partial charge in [0.05, 0.1) is 6.20 Å². The lowest BCUT2D eigenvalue weighted by molar-refractivity contribution is 0.0707. The van der Waals surface area contributed by atoms with Crippen molar-refractivity contribution in [3.8, 4) is 0 Å². The number of amides is 1. The summed E-state index contributed by atoms with van der Waals surface area (Å²) in [6.07, 6.45) is 6.84. The molecule has 0 aromatic carbocycles. The molecule has 5 rings (SSSR count). The monoisotopic (exact) mass is 391 g/mol. The van der Waals surface area contributed by atoms with Crippen LogP contribution < -0.4 is 5.56 Å². The van der Waals surface area contributed by atoms with Crippen molar-refractivity contribution in [2.45, 2.75) is 32.6 Å². The van der Waals surface area contributed by atoms with Crippen LogP contribution >= 0.6 is 0 Å². The van der Waals surface area contributed by atoms with Crippen molar-refractivity contribution in [1.82, 2.24) is 34.1 Å². The Bertz CT molecular complexity index is 1300. The number of carbonyl (C=O) groups excluding carboxylic acids is 1. The molecule has 4 aromatic heterocycles. The van der Waals surface area contributed by atoms with Gasteiger partial charge in [-0.25, -0.2) is 19.0 Å². The smallest absolute Gasteiger partial charge is 0.275 e. The molecule has 0 saturated carbocycles. The van der Waals surface area contributed by atoms with E-state index < -0.39 is 0 Å². The number of rotatable bonds is 2. The van der Waals surface area contributed by atoms with E-state index in [0.717, 1.165) is 24.2 Å². The van der Waals surface area contributed by atoms with Gasteiger partial charge in [-0.15, -0.1) is 0 Å². The number of nitrogens with zero attached hydrogens (tertiary/aromatic N) is 6. The number of H-pyrrole nitrogens is 1. The van der Waals surface area contributed by atoms with Gasteiger partial charge in [-0.3, -0.25) is 14.7 Å². The van der Waals surface area contributed by atoms with Crippen LogP contribution in [0, 0.1) is 13.8 Å². The Hall–Kier alpha value is -3.49. The van der Waals surface area contributed by atoms with Gasteiger partial charge in [-0.1, -0.05) is 0 Å². The summed E-state index contributed by atoms with van der Waals surface area (Å²) in [6, 6.07) is 3.70. The van der Waals surface area contributed by atoms with Crippen molar-refractivity contribution in [2.75, 3.05) is 13.1 Å². The summed E-state index contributed by atoms with van der Waals surface area (Å²) in [5, 5.41) is 7.42. The zero-order chi connectivity index (χ0) is 20.1. The van der Waals surface area contributed by atoms with Crippen LogP contribution in [0.3, 0.4) is 0 Å². The minimum Gasteiger partial charge on any atom is -0.338 e. The van der Waals surface area contributed by atoms with Gasteiger partial charge in [0, 0.05) is 54.4 Å². The number of aromatic amines is 1. The van der Waals surface area contributed by atoms with Gasteiger partial charge >= 0.3 is 0 Å². The first-order valence-corrected chi connectivity index (χ1v) is 9.69. The zero-order valence-electron chi connectivity index (χ0n) is 16.3. The second-order valence-electron chi connectivity index (χ2n) is 7.57. The van der Waals surface area contributed by atoms with Crippen molar-refractivity contribution >= 4 is 17.2 Å². The van der Waals surface area contributed by atoms with Gasteiger partial charge in [0.1, 0.15) is 5.56 Å². The molecule has 0 aliphatic carbocycles. The highest BCUT2D eigenvalue weighted by Gasteiger charge is 2.28. The molecule has 0 radical (unpaired) electrons. The predicted octanol–water partition coefficient (Wildman–Crippen LogP) is 1.70. The third-order valence-electron chi connectivity index (χ3n) is 5.76. The summed E-state index contributed by atoms with van der Waals surface area (Å²) in [4.78, 5) is 36.3. The highest BCUT2D eigenvalue weighted by molar-refractivity contribution is 5.99. The van der Waals surface area contributed by atoms with E-state index in [1.54, 1.807) is 36.1 Å². The summed E-state index contributed by atoms with van der Waals surface area (Å²) in [7, 11) is 0. The largest absolute Gasteiger partial charge is 0.338 e. The second kappa shape index (κ2) is 6.54. The van der Waals surface area contributed by atoms with E-state index in [2.05, 4.69) is 20.2 Å². The van der Waals surface area contributed by atoms with Crippen LogP contribution in [0.2, 0.25) is 0 Å². The molecule has 5 heterocycles. The van der Waals surface area contributed by atoms with E-state index in [0.29, 0.717) is 35.5 Å². The maximum absolute atomic E-state index is 13.1. The third-order valence-corrected chi connectivity index (χ3v) is 5.76.